The Morgan fingerprint density at radius 2 is 1.73 bits per heavy atom. The van der Waals surface area contributed by atoms with Crippen LogP contribution in [0.2, 0.25) is 0 Å². The molecule has 1 N–H and O–H groups in total. The molecule has 0 spiro atoms. The van der Waals surface area contributed by atoms with E-state index in [0.717, 1.165) is 0 Å². The van der Waals surface area contributed by atoms with Crippen molar-refractivity contribution in [2.75, 3.05) is 11.9 Å². The number of para-hydroxylation sites is 1. The average molecular weight is 318 g/mol. The Labute approximate surface area is 134 Å². The predicted molar refractivity (Wildman–Crippen MR) is 86.1 cm³/mol. The number of hydrogen-bond donors (Lipinski definition) is 1. The lowest BCUT2D eigenvalue weighted by Gasteiger charge is -2.13. The van der Waals surface area contributed by atoms with E-state index in [-0.39, 0.29) is 6.61 Å². The molecular formula is C17H16ClNO3. The van der Waals surface area contributed by atoms with Gasteiger partial charge in [0.2, 0.25) is 5.91 Å². The van der Waals surface area contributed by atoms with Crippen LogP contribution in [0.3, 0.4) is 0 Å². The molecule has 22 heavy (non-hydrogen) atoms. The van der Waals surface area contributed by atoms with E-state index in [1.54, 1.807) is 43.3 Å². The van der Waals surface area contributed by atoms with Gasteiger partial charge in [0.25, 0.3) is 0 Å². The molecule has 0 saturated carbocycles. The van der Waals surface area contributed by atoms with Gasteiger partial charge in [0, 0.05) is 0 Å². The topological polar surface area (TPSA) is 55.4 Å². The van der Waals surface area contributed by atoms with Crippen LogP contribution in [-0.4, -0.2) is 18.5 Å². The number of benzene rings is 2. The maximum absolute atomic E-state index is 12.3. The van der Waals surface area contributed by atoms with Gasteiger partial charge in [-0.15, -0.1) is 11.6 Å². The molecule has 1 atom stereocenters. The SMILES string of the molecule is CCOC(=O)c1ccccc1NC(=O)[C@H](Cl)c1ccccc1. The molecule has 0 fully saturated rings. The fraction of sp³-hybridized carbons (Fsp3) is 0.176. The van der Waals surface area contributed by atoms with Crippen molar-refractivity contribution < 1.29 is 14.3 Å². The Balaban J connectivity index is 2.17. The number of alkyl halides is 1. The minimum atomic E-state index is -0.837. The van der Waals surface area contributed by atoms with E-state index in [9.17, 15) is 9.59 Å². The molecule has 5 heteroatoms. The van der Waals surface area contributed by atoms with Crippen LogP contribution in [0.25, 0.3) is 0 Å². The molecule has 0 saturated heterocycles. The van der Waals surface area contributed by atoms with Gasteiger partial charge < -0.3 is 10.1 Å². The average Bonchev–Trinajstić information content (AvgIpc) is 2.55. The van der Waals surface area contributed by atoms with E-state index in [4.69, 9.17) is 16.3 Å². The summed E-state index contributed by atoms with van der Waals surface area (Å²) in [7, 11) is 0. The fourth-order valence-corrected chi connectivity index (χ4v) is 2.15. The first-order chi connectivity index (χ1) is 10.6. The molecular weight excluding hydrogens is 302 g/mol. The zero-order chi connectivity index (χ0) is 15.9. The molecule has 0 unspecified atom stereocenters. The Morgan fingerprint density at radius 1 is 1.09 bits per heavy atom. The van der Waals surface area contributed by atoms with Gasteiger partial charge in [-0.1, -0.05) is 42.5 Å². The summed E-state index contributed by atoms with van der Waals surface area (Å²) < 4.78 is 4.97. The third kappa shape index (κ3) is 3.86. The van der Waals surface area contributed by atoms with Gasteiger partial charge in [0.15, 0.2) is 0 Å². The lowest BCUT2D eigenvalue weighted by Crippen LogP contribution is -2.19. The Bertz CT molecular complexity index is 658. The summed E-state index contributed by atoms with van der Waals surface area (Å²) in [6, 6.07) is 15.7. The van der Waals surface area contributed by atoms with Crippen molar-refractivity contribution in [3.8, 4) is 0 Å². The van der Waals surface area contributed by atoms with Crippen molar-refractivity contribution in [3.05, 3.63) is 65.7 Å². The summed E-state index contributed by atoms with van der Waals surface area (Å²) in [6.45, 7) is 1.99. The van der Waals surface area contributed by atoms with E-state index in [2.05, 4.69) is 5.32 Å². The molecule has 0 heterocycles. The summed E-state index contributed by atoms with van der Waals surface area (Å²) in [4.78, 5) is 24.1. The second kappa shape index (κ2) is 7.61. The van der Waals surface area contributed by atoms with Crippen molar-refractivity contribution in [1.82, 2.24) is 0 Å². The molecule has 1 amide bonds. The molecule has 4 nitrogen and oxygen atoms in total. The molecule has 114 valence electrons. The van der Waals surface area contributed by atoms with Gasteiger partial charge in [0.05, 0.1) is 17.9 Å². The van der Waals surface area contributed by atoms with Crippen LogP contribution in [0.5, 0.6) is 0 Å². The minimum Gasteiger partial charge on any atom is -0.462 e. The predicted octanol–water partition coefficient (Wildman–Crippen LogP) is 3.78. The number of esters is 1. The molecule has 0 aliphatic heterocycles. The highest BCUT2D eigenvalue weighted by Crippen LogP contribution is 2.24. The molecule has 0 bridgehead atoms. The standard InChI is InChI=1S/C17H16ClNO3/c1-2-22-17(21)13-10-6-7-11-14(13)19-16(20)15(18)12-8-4-3-5-9-12/h3-11,15H,2H2,1H3,(H,19,20)/t15-/m1/s1. The number of rotatable bonds is 5. The van der Waals surface area contributed by atoms with Crippen molar-refractivity contribution in [1.29, 1.82) is 0 Å². The van der Waals surface area contributed by atoms with E-state index in [1.165, 1.54) is 0 Å². The van der Waals surface area contributed by atoms with E-state index in [0.29, 0.717) is 16.8 Å². The van der Waals surface area contributed by atoms with Gasteiger partial charge in [0.1, 0.15) is 5.38 Å². The monoisotopic (exact) mass is 317 g/mol. The third-order valence-corrected chi connectivity index (χ3v) is 3.45. The smallest absolute Gasteiger partial charge is 0.340 e. The van der Waals surface area contributed by atoms with Crippen LogP contribution in [0.4, 0.5) is 5.69 Å². The maximum atomic E-state index is 12.3. The molecule has 2 aromatic rings. The molecule has 0 aliphatic rings. The van der Waals surface area contributed by atoms with Crippen molar-refractivity contribution in [2.24, 2.45) is 0 Å². The third-order valence-electron chi connectivity index (χ3n) is 3.00. The summed E-state index contributed by atoms with van der Waals surface area (Å²) >= 11 is 6.17. The lowest BCUT2D eigenvalue weighted by atomic mass is 10.1. The first-order valence-corrected chi connectivity index (χ1v) is 7.33. The number of nitrogens with one attached hydrogen (secondary N) is 1. The van der Waals surface area contributed by atoms with Crippen molar-refractivity contribution in [2.45, 2.75) is 12.3 Å². The molecule has 0 aromatic heterocycles. The van der Waals surface area contributed by atoms with Gasteiger partial charge in [-0.2, -0.15) is 0 Å². The van der Waals surface area contributed by atoms with E-state index >= 15 is 0 Å². The maximum Gasteiger partial charge on any atom is 0.340 e. The van der Waals surface area contributed by atoms with Crippen molar-refractivity contribution >= 4 is 29.2 Å². The largest absolute Gasteiger partial charge is 0.462 e. The molecule has 0 aliphatic carbocycles. The molecule has 0 radical (unpaired) electrons. The Kier molecular flexibility index (Phi) is 5.55. The van der Waals surface area contributed by atoms with Crippen LogP contribution >= 0.6 is 11.6 Å². The highest BCUT2D eigenvalue weighted by molar-refractivity contribution is 6.32. The molecule has 2 rings (SSSR count). The van der Waals surface area contributed by atoms with Crippen LogP contribution in [0, 0.1) is 0 Å². The highest BCUT2D eigenvalue weighted by Gasteiger charge is 2.20. The van der Waals surface area contributed by atoms with Crippen LogP contribution in [0.1, 0.15) is 28.2 Å². The van der Waals surface area contributed by atoms with Gasteiger partial charge in [-0.25, -0.2) is 4.79 Å². The van der Waals surface area contributed by atoms with E-state index in [1.807, 2.05) is 18.2 Å². The first-order valence-electron chi connectivity index (χ1n) is 6.89. The number of carbonyl (C=O) groups excluding carboxylic acids is 2. The zero-order valence-electron chi connectivity index (χ0n) is 12.1. The lowest BCUT2D eigenvalue weighted by molar-refractivity contribution is -0.116. The zero-order valence-corrected chi connectivity index (χ0v) is 12.8. The molecule has 2 aromatic carbocycles. The highest BCUT2D eigenvalue weighted by atomic mass is 35.5. The normalized spacial score (nSPS) is 11.5. The number of halogens is 1. The summed E-state index contributed by atoms with van der Waals surface area (Å²) in [6.07, 6.45) is 0. The Morgan fingerprint density at radius 3 is 2.41 bits per heavy atom. The van der Waals surface area contributed by atoms with Gasteiger partial charge >= 0.3 is 5.97 Å². The number of anilines is 1. The first kappa shape index (κ1) is 16.0. The second-order valence-electron chi connectivity index (χ2n) is 4.53. The van der Waals surface area contributed by atoms with E-state index < -0.39 is 17.3 Å². The number of hydrogen-bond acceptors (Lipinski definition) is 3. The summed E-state index contributed by atoms with van der Waals surface area (Å²) in [5.41, 5.74) is 1.37. The Hall–Kier alpha value is -2.33. The van der Waals surface area contributed by atoms with Crippen LogP contribution in [0.15, 0.2) is 54.6 Å². The van der Waals surface area contributed by atoms with Crippen molar-refractivity contribution in [3.63, 3.8) is 0 Å². The minimum absolute atomic E-state index is 0.267. The fourth-order valence-electron chi connectivity index (χ4n) is 1.95. The number of ether oxygens (including phenoxy) is 1. The number of carbonyl (C=O) groups is 2. The van der Waals surface area contributed by atoms with Gasteiger partial charge in [-0.05, 0) is 24.6 Å². The quantitative estimate of drug-likeness (QED) is 0.674. The van der Waals surface area contributed by atoms with Gasteiger partial charge in [-0.3, -0.25) is 4.79 Å². The second-order valence-corrected chi connectivity index (χ2v) is 4.96. The number of amides is 1. The summed E-state index contributed by atoms with van der Waals surface area (Å²) in [5.74, 6) is -0.881. The van der Waals surface area contributed by atoms with Crippen LogP contribution in [-0.2, 0) is 9.53 Å². The van der Waals surface area contributed by atoms with Crippen LogP contribution < -0.4 is 5.32 Å². The summed E-state index contributed by atoms with van der Waals surface area (Å²) in [5, 5.41) is 1.84.